The number of hydrogen-bond acceptors (Lipinski definition) is 6. The lowest BCUT2D eigenvalue weighted by molar-refractivity contribution is -0.384. The normalized spacial score (nSPS) is 12.9. The Morgan fingerprint density at radius 2 is 1.96 bits per heavy atom. The molecule has 0 unspecified atom stereocenters. The van der Waals surface area contributed by atoms with Gasteiger partial charge in [0.2, 0.25) is 10.0 Å². The third-order valence-corrected chi connectivity index (χ3v) is 5.65. The third kappa shape index (κ3) is 4.81. The van der Waals surface area contributed by atoms with E-state index in [4.69, 9.17) is 0 Å². The van der Waals surface area contributed by atoms with Crippen molar-refractivity contribution in [3.63, 3.8) is 0 Å². The molecule has 0 spiro atoms. The Kier molecular flexibility index (Phi) is 6.18. The molecule has 0 bridgehead atoms. The molecule has 134 valence electrons. The fourth-order valence-electron chi connectivity index (χ4n) is 2.29. The summed E-state index contributed by atoms with van der Waals surface area (Å²) in [4.78, 5) is 14.0. The number of nitrogens with zero attached hydrogens (tertiary/aromatic N) is 3. The van der Waals surface area contributed by atoms with Crippen LogP contribution in [0.25, 0.3) is 0 Å². The number of aliphatic hydroxyl groups excluding tert-OH is 1. The van der Waals surface area contributed by atoms with Crippen molar-refractivity contribution in [3.05, 3.63) is 64.5 Å². The van der Waals surface area contributed by atoms with Crippen molar-refractivity contribution in [2.45, 2.75) is 23.8 Å². The molecule has 8 nitrogen and oxygen atoms in total. The molecule has 0 aliphatic carbocycles. The lowest BCUT2D eigenvalue weighted by Crippen LogP contribution is -2.28. The molecular formula is C16H19N3O5S. The minimum Gasteiger partial charge on any atom is -0.388 e. The number of benzene rings is 1. The number of non-ortho nitro benzene ring substituents is 1. The Hall–Kier alpha value is -2.36. The predicted octanol–water partition coefficient (Wildman–Crippen LogP) is 2.12. The van der Waals surface area contributed by atoms with Gasteiger partial charge in [-0.1, -0.05) is 6.07 Å². The van der Waals surface area contributed by atoms with Crippen LogP contribution < -0.4 is 0 Å². The summed E-state index contributed by atoms with van der Waals surface area (Å²) in [5, 5.41) is 20.7. The van der Waals surface area contributed by atoms with Crippen LogP contribution in [-0.4, -0.2) is 41.3 Å². The Labute approximate surface area is 146 Å². The number of nitro benzene ring substituents is 1. The summed E-state index contributed by atoms with van der Waals surface area (Å²) in [5.41, 5.74) is 0.518. The molecule has 0 fully saturated rings. The third-order valence-electron chi connectivity index (χ3n) is 3.78. The van der Waals surface area contributed by atoms with E-state index in [2.05, 4.69) is 4.98 Å². The van der Waals surface area contributed by atoms with E-state index in [-0.39, 0.29) is 17.1 Å². The highest BCUT2D eigenvalue weighted by Crippen LogP contribution is 2.21. The minimum absolute atomic E-state index is 0.00610. The van der Waals surface area contributed by atoms with Gasteiger partial charge in [0.1, 0.15) is 0 Å². The molecule has 1 heterocycles. The maximum absolute atomic E-state index is 12.4. The van der Waals surface area contributed by atoms with Crippen LogP contribution in [-0.2, 0) is 10.0 Å². The number of aliphatic hydroxyl groups is 1. The Morgan fingerprint density at radius 1 is 1.28 bits per heavy atom. The van der Waals surface area contributed by atoms with Crippen LogP contribution in [0.5, 0.6) is 0 Å². The lowest BCUT2D eigenvalue weighted by atomic mass is 10.1. The number of sulfonamides is 1. The van der Waals surface area contributed by atoms with Gasteiger partial charge in [-0.2, -0.15) is 0 Å². The van der Waals surface area contributed by atoms with Gasteiger partial charge in [-0.25, -0.2) is 12.7 Å². The summed E-state index contributed by atoms with van der Waals surface area (Å²) in [7, 11) is -2.29. The van der Waals surface area contributed by atoms with Crippen LogP contribution >= 0.6 is 0 Å². The summed E-state index contributed by atoms with van der Waals surface area (Å²) in [6, 6.07) is 8.24. The van der Waals surface area contributed by atoms with E-state index < -0.39 is 21.1 Å². The number of rotatable bonds is 8. The molecule has 1 aromatic carbocycles. The van der Waals surface area contributed by atoms with E-state index in [1.165, 1.54) is 23.5 Å². The molecule has 0 saturated heterocycles. The molecule has 0 radical (unpaired) electrons. The lowest BCUT2D eigenvalue weighted by Gasteiger charge is -2.18. The van der Waals surface area contributed by atoms with Crippen LogP contribution in [0.2, 0.25) is 0 Å². The van der Waals surface area contributed by atoms with Crippen molar-refractivity contribution in [2.24, 2.45) is 0 Å². The molecule has 25 heavy (non-hydrogen) atoms. The van der Waals surface area contributed by atoms with E-state index in [1.54, 1.807) is 24.5 Å². The van der Waals surface area contributed by atoms with Crippen LogP contribution in [0, 0.1) is 10.1 Å². The molecule has 0 aliphatic heterocycles. The van der Waals surface area contributed by atoms with Gasteiger partial charge in [0.05, 0.1) is 15.9 Å². The largest absolute Gasteiger partial charge is 0.388 e. The van der Waals surface area contributed by atoms with Crippen molar-refractivity contribution in [1.82, 2.24) is 9.29 Å². The second-order valence-electron chi connectivity index (χ2n) is 5.52. The van der Waals surface area contributed by atoms with Crippen molar-refractivity contribution in [3.8, 4) is 0 Å². The summed E-state index contributed by atoms with van der Waals surface area (Å²) in [5.74, 6) is 0. The van der Waals surface area contributed by atoms with Crippen molar-refractivity contribution in [1.29, 1.82) is 0 Å². The van der Waals surface area contributed by atoms with E-state index >= 15 is 0 Å². The summed E-state index contributed by atoms with van der Waals surface area (Å²) in [6.45, 7) is 0.219. The first kappa shape index (κ1) is 19.0. The summed E-state index contributed by atoms with van der Waals surface area (Å²) in [6.07, 6.45) is 3.33. The highest BCUT2D eigenvalue weighted by molar-refractivity contribution is 7.89. The number of hydrogen-bond donors (Lipinski definition) is 1. The minimum atomic E-state index is -3.73. The van der Waals surface area contributed by atoms with Gasteiger partial charge in [0, 0.05) is 38.1 Å². The average molecular weight is 365 g/mol. The van der Waals surface area contributed by atoms with Crippen molar-refractivity contribution in [2.75, 3.05) is 13.6 Å². The zero-order valence-corrected chi connectivity index (χ0v) is 14.5. The molecule has 2 aromatic rings. The zero-order chi connectivity index (χ0) is 18.4. The SMILES string of the molecule is CN(CCC[C@@H](O)c1cccnc1)S(=O)(=O)c1ccc([N+](=O)[O-])cc1. The summed E-state index contributed by atoms with van der Waals surface area (Å²) >= 11 is 0. The van der Waals surface area contributed by atoms with Gasteiger partial charge in [-0.3, -0.25) is 15.1 Å². The van der Waals surface area contributed by atoms with Crippen LogP contribution in [0.4, 0.5) is 5.69 Å². The molecule has 1 N–H and O–H groups in total. The van der Waals surface area contributed by atoms with Gasteiger partial charge in [-0.05, 0) is 36.6 Å². The van der Waals surface area contributed by atoms with E-state index in [1.807, 2.05) is 0 Å². The van der Waals surface area contributed by atoms with Crippen molar-refractivity contribution >= 4 is 15.7 Å². The van der Waals surface area contributed by atoms with E-state index in [0.717, 1.165) is 12.1 Å². The van der Waals surface area contributed by atoms with Gasteiger partial charge >= 0.3 is 0 Å². The maximum Gasteiger partial charge on any atom is 0.269 e. The van der Waals surface area contributed by atoms with E-state index in [9.17, 15) is 23.6 Å². The van der Waals surface area contributed by atoms with Gasteiger partial charge in [0.25, 0.3) is 5.69 Å². The Bertz CT molecular complexity index is 809. The first-order chi connectivity index (χ1) is 11.8. The highest BCUT2D eigenvalue weighted by atomic mass is 32.2. The second-order valence-corrected chi connectivity index (χ2v) is 7.57. The monoisotopic (exact) mass is 365 g/mol. The van der Waals surface area contributed by atoms with Gasteiger partial charge in [-0.15, -0.1) is 0 Å². The predicted molar refractivity (Wildman–Crippen MR) is 91.3 cm³/mol. The Balaban J connectivity index is 1.94. The van der Waals surface area contributed by atoms with Gasteiger partial charge in [0.15, 0.2) is 0 Å². The first-order valence-electron chi connectivity index (χ1n) is 7.61. The Morgan fingerprint density at radius 3 is 2.52 bits per heavy atom. The van der Waals surface area contributed by atoms with Gasteiger partial charge < -0.3 is 5.11 Å². The fourth-order valence-corrected chi connectivity index (χ4v) is 3.50. The quantitative estimate of drug-likeness (QED) is 0.566. The molecular weight excluding hydrogens is 346 g/mol. The van der Waals surface area contributed by atoms with Crippen LogP contribution in [0.1, 0.15) is 24.5 Å². The van der Waals surface area contributed by atoms with E-state index in [0.29, 0.717) is 18.4 Å². The molecule has 2 rings (SSSR count). The molecule has 9 heteroatoms. The molecule has 1 aromatic heterocycles. The summed E-state index contributed by atoms with van der Waals surface area (Å²) < 4.78 is 26.1. The average Bonchev–Trinajstić information content (AvgIpc) is 2.62. The fraction of sp³-hybridized carbons (Fsp3) is 0.312. The molecule has 0 amide bonds. The first-order valence-corrected chi connectivity index (χ1v) is 9.05. The molecule has 0 saturated carbocycles. The zero-order valence-electron chi connectivity index (χ0n) is 13.6. The molecule has 0 aliphatic rings. The second kappa shape index (κ2) is 8.15. The van der Waals surface area contributed by atoms with Crippen molar-refractivity contribution < 1.29 is 18.4 Å². The standard InChI is InChI=1S/C16H19N3O5S/c1-18(11-3-5-16(20)13-4-2-10-17-12-13)25(23,24)15-8-6-14(7-9-15)19(21)22/h2,4,6-10,12,16,20H,3,5,11H2,1H3/t16-/m1/s1. The molecule has 1 atom stereocenters. The van der Waals surface area contributed by atoms with Crippen LogP contribution in [0.15, 0.2) is 53.7 Å². The maximum atomic E-state index is 12.4. The highest BCUT2D eigenvalue weighted by Gasteiger charge is 2.21. The number of pyridine rings is 1. The number of aromatic nitrogens is 1. The topological polar surface area (TPSA) is 114 Å². The number of nitro groups is 1. The smallest absolute Gasteiger partial charge is 0.269 e. The van der Waals surface area contributed by atoms with Crippen LogP contribution in [0.3, 0.4) is 0 Å².